The van der Waals surface area contributed by atoms with Gasteiger partial charge in [0.2, 0.25) is 5.89 Å². The predicted octanol–water partition coefficient (Wildman–Crippen LogP) is 2.18. The zero-order valence-corrected chi connectivity index (χ0v) is 14.7. The van der Waals surface area contributed by atoms with Crippen molar-refractivity contribution < 1.29 is 9.32 Å². The van der Waals surface area contributed by atoms with Crippen LogP contribution in [0.4, 0.5) is 0 Å². The predicted molar refractivity (Wildman–Crippen MR) is 89.1 cm³/mol. The van der Waals surface area contributed by atoms with E-state index in [-0.39, 0.29) is 11.3 Å². The molecule has 2 atom stereocenters. The molecule has 25 heavy (non-hydrogen) atoms. The van der Waals surface area contributed by atoms with E-state index in [0.29, 0.717) is 24.2 Å². The number of fused-ring (bicyclic) bond motifs is 1. The summed E-state index contributed by atoms with van der Waals surface area (Å²) >= 11 is 0. The molecule has 2 aliphatic carbocycles. The minimum atomic E-state index is -0.154. The summed E-state index contributed by atoms with van der Waals surface area (Å²) in [7, 11) is 1.89. The highest BCUT2D eigenvalue weighted by Crippen LogP contribution is 2.50. The van der Waals surface area contributed by atoms with Gasteiger partial charge in [-0.3, -0.25) is 9.48 Å². The van der Waals surface area contributed by atoms with E-state index in [0.717, 1.165) is 55.8 Å². The van der Waals surface area contributed by atoms with Crippen molar-refractivity contribution in [3.63, 3.8) is 0 Å². The van der Waals surface area contributed by atoms with Crippen LogP contribution in [-0.2, 0) is 12.5 Å². The molecular formula is C18H23N5O2. The normalized spacial score (nSPS) is 28.6. The summed E-state index contributed by atoms with van der Waals surface area (Å²) in [6.07, 6.45) is 7.47. The van der Waals surface area contributed by atoms with Crippen molar-refractivity contribution >= 4 is 5.91 Å². The molecule has 0 spiro atoms. The molecule has 0 aromatic carbocycles. The molecule has 1 aliphatic heterocycles. The Kier molecular flexibility index (Phi) is 3.12. The maximum Gasteiger partial charge on any atom is 0.257 e. The van der Waals surface area contributed by atoms with Crippen LogP contribution in [0, 0.1) is 12.8 Å². The van der Waals surface area contributed by atoms with E-state index in [2.05, 4.69) is 15.2 Å². The Labute approximate surface area is 146 Å². The van der Waals surface area contributed by atoms with Crippen molar-refractivity contribution in [2.24, 2.45) is 13.0 Å². The molecule has 7 heteroatoms. The van der Waals surface area contributed by atoms with Gasteiger partial charge in [-0.15, -0.1) is 0 Å². The molecule has 0 radical (unpaired) electrons. The molecule has 1 saturated heterocycles. The van der Waals surface area contributed by atoms with Crippen LogP contribution in [0.2, 0.25) is 0 Å². The molecule has 2 aromatic rings. The Morgan fingerprint density at radius 1 is 1.36 bits per heavy atom. The summed E-state index contributed by atoms with van der Waals surface area (Å²) < 4.78 is 7.32. The number of hydrogen-bond donors (Lipinski definition) is 0. The van der Waals surface area contributed by atoms with Crippen molar-refractivity contribution in [2.75, 3.05) is 13.1 Å². The quantitative estimate of drug-likeness (QED) is 0.855. The SMILES string of the molecule is Cc1noc([C@]23CCC[C@H]2CN(C(=O)c2cn(C)nc2C2CC2)C3)n1. The molecule has 2 aromatic heterocycles. The molecule has 132 valence electrons. The first-order valence-corrected chi connectivity index (χ1v) is 9.20. The van der Waals surface area contributed by atoms with Gasteiger partial charge in [0.05, 0.1) is 16.7 Å². The second kappa shape index (κ2) is 5.16. The number of hydrogen-bond acceptors (Lipinski definition) is 5. The summed E-state index contributed by atoms with van der Waals surface area (Å²) in [6, 6.07) is 0. The number of amides is 1. The van der Waals surface area contributed by atoms with Crippen LogP contribution in [0.25, 0.3) is 0 Å². The molecule has 0 N–H and O–H groups in total. The first kappa shape index (κ1) is 15.1. The van der Waals surface area contributed by atoms with Crippen LogP contribution in [-0.4, -0.2) is 43.8 Å². The van der Waals surface area contributed by atoms with E-state index in [4.69, 9.17) is 4.52 Å². The molecule has 3 heterocycles. The van der Waals surface area contributed by atoms with Gasteiger partial charge < -0.3 is 9.42 Å². The van der Waals surface area contributed by atoms with Crippen molar-refractivity contribution in [2.45, 2.75) is 50.4 Å². The van der Waals surface area contributed by atoms with Crippen LogP contribution >= 0.6 is 0 Å². The maximum atomic E-state index is 13.2. The summed E-state index contributed by atoms with van der Waals surface area (Å²) in [6.45, 7) is 3.30. The van der Waals surface area contributed by atoms with Gasteiger partial charge in [0.25, 0.3) is 5.91 Å². The Bertz CT molecular complexity index is 836. The molecule has 0 bridgehead atoms. The van der Waals surface area contributed by atoms with Gasteiger partial charge in [0.1, 0.15) is 0 Å². The molecule has 0 unspecified atom stereocenters. The summed E-state index contributed by atoms with van der Waals surface area (Å²) in [4.78, 5) is 19.7. The fourth-order valence-corrected chi connectivity index (χ4v) is 4.79. The Balaban J connectivity index is 1.46. The average Bonchev–Trinajstić information content (AvgIpc) is 2.92. The van der Waals surface area contributed by atoms with Crippen LogP contribution < -0.4 is 0 Å². The van der Waals surface area contributed by atoms with Crippen LogP contribution in [0.5, 0.6) is 0 Å². The smallest absolute Gasteiger partial charge is 0.257 e. The minimum Gasteiger partial charge on any atom is -0.339 e. The standard InChI is InChI=1S/C18H23N5O2/c1-11-19-17(25-21-11)18-7-3-4-13(18)8-23(10-18)16(24)14-9-22(2)20-15(14)12-5-6-12/h9,12-13H,3-8,10H2,1-2H3/t13-,18-/m0/s1. The third-order valence-corrected chi connectivity index (χ3v) is 6.16. The minimum absolute atomic E-state index is 0.111. The number of nitrogens with zero attached hydrogens (tertiary/aromatic N) is 5. The van der Waals surface area contributed by atoms with Crippen molar-refractivity contribution in [3.05, 3.63) is 29.2 Å². The van der Waals surface area contributed by atoms with Gasteiger partial charge in [-0.2, -0.15) is 10.1 Å². The third-order valence-electron chi connectivity index (χ3n) is 6.16. The van der Waals surface area contributed by atoms with Gasteiger partial charge in [-0.25, -0.2) is 0 Å². The zero-order chi connectivity index (χ0) is 17.2. The fraction of sp³-hybridized carbons (Fsp3) is 0.667. The number of carbonyl (C=O) groups is 1. The number of aromatic nitrogens is 4. The monoisotopic (exact) mass is 341 g/mol. The molecular weight excluding hydrogens is 318 g/mol. The van der Waals surface area contributed by atoms with Gasteiger partial charge in [-0.05, 0) is 38.5 Å². The number of carbonyl (C=O) groups excluding carboxylic acids is 1. The van der Waals surface area contributed by atoms with Crippen molar-refractivity contribution in [1.82, 2.24) is 24.8 Å². The molecule has 2 saturated carbocycles. The van der Waals surface area contributed by atoms with Crippen LogP contribution in [0.3, 0.4) is 0 Å². The fourth-order valence-electron chi connectivity index (χ4n) is 4.79. The first-order valence-electron chi connectivity index (χ1n) is 9.20. The van der Waals surface area contributed by atoms with Crippen molar-refractivity contribution in [3.8, 4) is 0 Å². The Morgan fingerprint density at radius 2 is 2.20 bits per heavy atom. The average molecular weight is 341 g/mol. The van der Waals surface area contributed by atoms with Crippen molar-refractivity contribution in [1.29, 1.82) is 0 Å². The molecule has 1 amide bonds. The van der Waals surface area contributed by atoms with E-state index < -0.39 is 0 Å². The lowest BCUT2D eigenvalue weighted by Crippen LogP contribution is -2.35. The second-order valence-electron chi connectivity index (χ2n) is 7.95. The lowest BCUT2D eigenvalue weighted by molar-refractivity contribution is 0.0774. The lowest BCUT2D eigenvalue weighted by Gasteiger charge is -2.24. The Hall–Kier alpha value is -2.18. The lowest BCUT2D eigenvalue weighted by atomic mass is 9.80. The van der Waals surface area contributed by atoms with Crippen LogP contribution in [0.15, 0.2) is 10.7 Å². The van der Waals surface area contributed by atoms with Gasteiger partial charge in [0, 0.05) is 32.3 Å². The second-order valence-corrected chi connectivity index (χ2v) is 7.95. The highest BCUT2D eigenvalue weighted by atomic mass is 16.5. The molecule has 7 nitrogen and oxygen atoms in total. The molecule has 5 rings (SSSR count). The third kappa shape index (κ3) is 2.24. The maximum absolute atomic E-state index is 13.2. The van der Waals surface area contributed by atoms with Gasteiger partial charge in [-0.1, -0.05) is 11.6 Å². The molecule has 3 fully saturated rings. The number of likely N-dealkylation sites (tertiary alicyclic amines) is 1. The summed E-state index contributed by atoms with van der Waals surface area (Å²) in [5.74, 6) is 2.38. The van der Waals surface area contributed by atoms with E-state index in [9.17, 15) is 4.79 Å². The van der Waals surface area contributed by atoms with Crippen LogP contribution in [0.1, 0.15) is 65.8 Å². The largest absolute Gasteiger partial charge is 0.339 e. The first-order chi connectivity index (χ1) is 12.1. The Morgan fingerprint density at radius 3 is 2.92 bits per heavy atom. The highest BCUT2D eigenvalue weighted by molar-refractivity contribution is 5.95. The van der Waals surface area contributed by atoms with E-state index >= 15 is 0 Å². The molecule has 3 aliphatic rings. The summed E-state index contributed by atoms with van der Waals surface area (Å²) in [5.41, 5.74) is 1.60. The topological polar surface area (TPSA) is 77.0 Å². The van der Waals surface area contributed by atoms with E-state index in [1.165, 1.54) is 0 Å². The van der Waals surface area contributed by atoms with E-state index in [1.54, 1.807) is 4.68 Å². The highest BCUT2D eigenvalue weighted by Gasteiger charge is 2.55. The van der Waals surface area contributed by atoms with E-state index in [1.807, 2.05) is 25.1 Å². The van der Waals surface area contributed by atoms with Gasteiger partial charge >= 0.3 is 0 Å². The summed E-state index contributed by atoms with van der Waals surface area (Å²) in [5, 5.41) is 8.53. The zero-order valence-electron chi connectivity index (χ0n) is 14.7. The number of aryl methyl sites for hydroxylation is 2. The number of rotatable bonds is 3. The van der Waals surface area contributed by atoms with Gasteiger partial charge in [0.15, 0.2) is 5.82 Å².